The van der Waals surface area contributed by atoms with Crippen molar-refractivity contribution in [1.29, 1.82) is 0 Å². The number of hydrogen-bond acceptors (Lipinski definition) is 5. The maximum absolute atomic E-state index is 10.9. The number of hydrogen-bond donors (Lipinski definition) is 2. The average Bonchev–Trinajstić information content (AvgIpc) is 2.23. The first-order valence-electron chi connectivity index (χ1n) is 5.22. The normalized spacial score (nSPS) is 15.1. The van der Waals surface area contributed by atoms with Crippen LogP contribution in [0.3, 0.4) is 0 Å². The van der Waals surface area contributed by atoms with Gasteiger partial charge in [-0.15, -0.1) is 0 Å². The number of nitrogens with zero attached hydrogens (tertiary/aromatic N) is 2. The first kappa shape index (κ1) is 11.3. The van der Waals surface area contributed by atoms with E-state index in [4.69, 9.17) is 5.11 Å². The van der Waals surface area contributed by atoms with Gasteiger partial charge in [0.2, 0.25) is 0 Å². The van der Waals surface area contributed by atoms with E-state index in [1.807, 2.05) is 0 Å². The molecular formula is C10H11N3O4. The third-order valence-corrected chi connectivity index (χ3v) is 2.77. The van der Waals surface area contributed by atoms with Crippen molar-refractivity contribution >= 4 is 17.5 Å². The van der Waals surface area contributed by atoms with Crippen molar-refractivity contribution in [1.82, 2.24) is 4.98 Å². The van der Waals surface area contributed by atoms with E-state index >= 15 is 0 Å². The minimum atomic E-state index is -1.32. The second-order valence-corrected chi connectivity index (χ2v) is 3.92. The third kappa shape index (κ3) is 2.32. The summed E-state index contributed by atoms with van der Waals surface area (Å²) in [5.74, 6) is -0.951. The van der Waals surface area contributed by atoms with Crippen LogP contribution in [0.15, 0.2) is 12.3 Å². The van der Waals surface area contributed by atoms with Gasteiger partial charge in [-0.1, -0.05) is 0 Å². The fourth-order valence-corrected chi connectivity index (χ4v) is 1.61. The minimum Gasteiger partial charge on any atom is -0.477 e. The van der Waals surface area contributed by atoms with Crippen LogP contribution >= 0.6 is 0 Å². The Morgan fingerprint density at radius 3 is 2.76 bits per heavy atom. The SMILES string of the molecule is O=C(O)c1cc(NC2CCC2)ncc1[N+](=O)[O-]. The molecule has 0 aromatic carbocycles. The Labute approximate surface area is 96.6 Å². The van der Waals surface area contributed by atoms with Gasteiger partial charge in [-0.3, -0.25) is 10.1 Å². The van der Waals surface area contributed by atoms with Crippen LogP contribution < -0.4 is 5.32 Å². The van der Waals surface area contributed by atoms with Crippen molar-refractivity contribution in [3.05, 3.63) is 27.9 Å². The number of rotatable bonds is 4. The molecule has 0 amide bonds. The van der Waals surface area contributed by atoms with Crippen LogP contribution in [0.5, 0.6) is 0 Å². The number of nitrogens with one attached hydrogen (secondary N) is 1. The molecule has 0 atom stereocenters. The summed E-state index contributed by atoms with van der Waals surface area (Å²) < 4.78 is 0. The number of aromatic nitrogens is 1. The zero-order valence-corrected chi connectivity index (χ0v) is 8.92. The molecule has 1 heterocycles. The van der Waals surface area contributed by atoms with Crippen molar-refractivity contribution in [3.63, 3.8) is 0 Å². The summed E-state index contributed by atoms with van der Waals surface area (Å²) in [4.78, 5) is 24.6. The second kappa shape index (κ2) is 4.36. The molecule has 0 aliphatic heterocycles. The topological polar surface area (TPSA) is 105 Å². The van der Waals surface area contributed by atoms with Gasteiger partial charge in [-0.2, -0.15) is 0 Å². The number of carboxylic acid groups (broad SMARTS) is 1. The van der Waals surface area contributed by atoms with E-state index in [9.17, 15) is 14.9 Å². The Bertz CT molecular complexity index is 471. The largest absolute Gasteiger partial charge is 0.477 e. The molecule has 2 N–H and O–H groups in total. The molecule has 0 radical (unpaired) electrons. The zero-order chi connectivity index (χ0) is 12.4. The fourth-order valence-electron chi connectivity index (χ4n) is 1.61. The highest BCUT2D eigenvalue weighted by molar-refractivity contribution is 5.93. The first-order chi connectivity index (χ1) is 8.08. The van der Waals surface area contributed by atoms with E-state index in [2.05, 4.69) is 10.3 Å². The van der Waals surface area contributed by atoms with Crippen LogP contribution in [0.1, 0.15) is 29.6 Å². The molecule has 1 aliphatic carbocycles. The molecule has 1 aromatic heterocycles. The van der Waals surface area contributed by atoms with Gasteiger partial charge in [0, 0.05) is 12.1 Å². The predicted molar refractivity (Wildman–Crippen MR) is 59.1 cm³/mol. The molecule has 1 aliphatic rings. The van der Waals surface area contributed by atoms with Gasteiger partial charge < -0.3 is 10.4 Å². The summed E-state index contributed by atoms with van der Waals surface area (Å²) in [7, 11) is 0. The van der Waals surface area contributed by atoms with Crippen LogP contribution in [-0.4, -0.2) is 27.0 Å². The molecule has 7 nitrogen and oxygen atoms in total. The predicted octanol–water partition coefficient (Wildman–Crippen LogP) is 1.65. The summed E-state index contributed by atoms with van der Waals surface area (Å²) >= 11 is 0. The molecule has 17 heavy (non-hydrogen) atoms. The smallest absolute Gasteiger partial charge is 0.342 e. The highest BCUT2D eigenvalue weighted by Crippen LogP contribution is 2.25. The van der Waals surface area contributed by atoms with Crippen molar-refractivity contribution in [2.75, 3.05) is 5.32 Å². The van der Waals surface area contributed by atoms with Gasteiger partial charge in [0.25, 0.3) is 0 Å². The zero-order valence-electron chi connectivity index (χ0n) is 8.92. The average molecular weight is 237 g/mol. The van der Waals surface area contributed by atoms with Crippen LogP contribution in [0.4, 0.5) is 11.5 Å². The monoisotopic (exact) mass is 237 g/mol. The molecule has 0 saturated heterocycles. The first-order valence-corrected chi connectivity index (χ1v) is 5.22. The van der Waals surface area contributed by atoms with E-state index < -0.39 is 16.6 Å². The molecule has 1 aromatic rings. The molecule has 2 rings (SSSR count). The van der Waals surface area contributed by atoms with E-state index in [0.29, 0.717) is 11.9 Å². The van der Waals surface area contributed by atoms with Crippen LogP contribution in [-0.2, 0) is 0 Å². The lowest BCUT2D eigenvalue weighted by Gasteiger charge is -2.26. The standard InChI is InChI=1S/C10H11N3O4/c14-10(15)7-4-9(12-6-2-1-3-6)11-5-8(7)13(16)17/h4-6H,1-3H2,(H,11,12)(H,14,15). The molecule has 0 bridgehead atoms. The summed E-state index contributed by atoms with van der Waals surface area (Å²) in [5.41, 5.74) is -0.830. The molecule has 7 heteroatoms. The Kier molecular flexibility index (Phi) is 2.90. The summed E-state index contributed by atoms with van der Waals surface area (Å²) in [6.45, 7) is 0. The summed E-state index contributed by atoms with van der Waals surface area (Å²) in [6, 6.07) is 1.50. The highest BCUT2D eigenvalue weighted by atomic mass is 16.6. The van der Waals surface area contributed by atoms with E-state index in [0.717, 1.165) is 25.5 Å². The van der Waals surface area contributed by atoms with Crippen LogP contribution in [0.2, 0.25) is 0 Å². The minimum absolute atomic E-state index is 0.297. The van der Waals surface area contributed by atoms with Gasteiger partial charge in [0.05, 0.1) is 4.92 Å². The van der Waals surface area contributed by atoms with Crippen molar-refractivity contribution in [3.8, 4) is 0 Å². The Morgan fingerprint density at radius 1 is 1.59 bits per heavy atom. The molecule has 1 saturated carbocycles. The number of carbonyl (C=O) groups is 1. The van der Waals surface area contributed by atoms with Crippen molar-refractivity contribution < 1.29 is 14.8 Å². The van der Waals surface area contributed by atoms with E-state index in [1.54, 1.807) is 0 Å². The quantitative estimate of drug-likeness (QED) is 0.609. The van der Waals surface area contributed by atoms with Crippen molar-refractivity contribution in [2.24, 2.45) is 0 Å². The molecular weight excluding hydrogens is 226 g/mol. The highest BCUT2D eigenvalue weighted by Gasteiger charge is 2.23. The summed E-state index contributed by atoms with van der Waals surface area (Å²) in [5, 5.41) is 22.5. The van der Waals surface area contributed by atoms with Crippen LogP contribution in [0, 0.1) is 10.1 Å². The molecule has 0 unspecified atom stereocenters. The lowest BCUT2D eigenvalue weighted by Crippen LogP contribution is -2.27. The van der Waals surface area contributed by atoms with E-state index in [-0.39, 0.29) is 5.56 Å². The van der Waals surface area contributed by atoms with Gasteiger partial charge in [-0.25, -0.2) is 9.78 Å². The van der Waals surface area contributed by atoms with Gasteiger partial charge >= 0.3 is 11.7 Å². The van der Waals surface area contributed by atoms with Gasteiger partial charge in [0.1, 0.15) is 17.6 Å². The van der Waals surface area contributed by atoms with E-state index in [1.165, 1.54) is 6.07 Å². The lowest BCUT2D eigenvalue weighted by atomic mass is 9.93. The Balaban J connectivity index is 2.27. The maximum atomic E-state index is 10.9. The second-order valence-electron chi connectivity index (χ2n) is 3.92. The number of aromatic carboxylic acids is 1. The number of nitro groups is 1. The van der Waals surface area contributed by atoms with Crippen molar-refractivity contribution in [2.45, 2.75) is 25.3 Å². The lowest BCUT2D eigenvalue weighted by molar-refractivity contribution is -0.385. The third-order valence-electron chi connectivity index (χ3n) is 2.77. The van der Waals surface area contributed by atoms with Gasteiger partial charge in [-0.05, 0) is 19.3 Å². The number of anilines is 1. The molecule has 1 fully saturated rings. The maximum Gasteiger partial charge on any atom is 0.342 e. The Hall–Kier alpha value is -2.18. The van der Waals surface area contributed by atoms with Crippen LogP contribution in [0.25, 0.3) is 0 Å². The Morgan fingerprint density at radius 2 is 2.29 bits per heavy atom. The van der Waals surface area contributed by atoms with Gasteiger partial charge in [0.15, 0.2) is 0 Å². The molecule has 0 spiro atoms. The molecule has 90 valence electrons. The number of pyridine rings is 1. The number of carboxylic acids is 1. The fraction of sp³-hybridized carbons (Fsp3) is 0.400. The summed E-state index contributed by atoms with van der Waals surface area (Å²) in [6.07, 6.45) is 4.14.